The van der Waals surface area contributed by atoms with Crippen molar-refractivity contribution in [1.29, 1.82) is 0 Å². The third-order valence-corrected chi connectivity index (χ3v) is 3.26. The summed E-state index contributed by atoms with van der Waals surface area (Å²) in [5, 5.41) is 0. The number of primary amides is 1. The van der Waals surface area contributed by atoms with Gasteiger partial charge in [-0.3, -0.25) is 0 Å². The van der Waals surface area contributed by atoms with Gasteiger partial charge in [-0.25, -0.2) is 4.79 Å². The van der Waals surface area contributed by atoms with Crippen molar-refractivity contribution in [3.63, 3.8) is 0 Å². The predicted octanol–water partition coefficient (Wildman–Crippen LogP) is 3.43. The second-order valence-electron chi connectivity index (χ2n) is 4.59. The number of carbonyl (C=O) groups is 1. The van der Waals surface area contributed by atoms with Gasteiger partial charge in [0.2, 0.25) is 0 Å². The van der Waals surface area contributed by atoms with Crippen LogP contribution < -0.4 is 5.73 Å². The van der Waals surface area contributed by atoms with Gasteiger partial charge in [0.05, 0.1) is 5.56 Å². The lowest BCUT2D eigenvalue weighted by Gasteiger charge is -2.28. The minimum atomic E-state index is -4.36. The van der Waals surface area contributed by atoms with Crippen molar-refractivity contribution in [3.05, 3.63) is 35.4 Å². The van der Waals surface area contributed by atoms with Crippen LogP contribution in [0, 0.1) is 0 Å². The van der Waals surface area contributed by atoms with Crippen molar-refractivity contribution in [2.45, 2.75) is 38.9 Å². The van der Waals surface area contributed by atoms with Gasteiger partial charge in [-0.05, 0) is 31.4 Å². The van der Waals surface area contributed by atoms with E-state index in [2.05, 4.69) is 0 Å². The van der Waals surface area contributed by atoms with E-state index >= 15 is 0 Å². The number of hydrogen-bond acceptors (Lipinski definition) is 1. The van der Waals surface area contributed by atoms with Gasteiger partial charge in [0.1, 0.15) is 0 Å². The van der Waals surface area contributed by atoms with Crippen LogP contribution in [0.5, 0.6) is 0 Å². The molecule has 0 aromatic heterocycles. The lowest BCUT2D eigenvalue weighted by molar-refractivity contribution is -0.137. The number of carbonyl (C=O) groups excluding carboxylic acids is 1. The molecule has 6 heteroatoms. The second-order valence-corrected chi connectivity index (χ2v) is 4.59. The largest absolute Gasteiger partial charge is 0.416 e. The number of amides is 2. The second kappa shape index (κ2) is 6.63. The molecule has 3 nitrogen and oxygen atoms in total. The van der Waals surface area contributed by atoms with Crippen molar-refractivity contribution < 1.29 is 18.0 Å². The lowest BCUT2D eigenvalue weighted by Crippen LogP contribution is -2.44. The van der Waals surface area contributed by atoms with E-state index in [1.807, 2.05) is 6.92 Å². The highest BCUT2D eigenvalue weighted by atomic mass is 19.4. The van der Waals surface area contributed by atoms with E-state index in [4.69, 9.17) is 5.73 Å². The van der Waals surface area contributed by atoms with Crippen LogP contribution >= 0.6 is 0 Å². The minimum absolute atomic E-state index is 0.194. The fourth-order valence-electron chi connectivity index (χ4n) is 2.22. The van der Waals surface area contributed by atoms with Crippen LogP contribution in [0.2, 0.25) is 0 Å². The average molecular weight is 288 g/mol. The Morgan fingerprint density at radius 3 is 2.45 bits per heavy atom. The Morgan fingerprint density at radius 2 is 2.00 bits per heavy atom. The van der Waals surface area contributed by atoms with Gasteiger partial charge < -0.3 is 10.6 Å². The molecule has 20 heavy (non-hydrogen) atoms. The highest BCUT2D eigenvalue weighted by Gasteiger charge is 2.30. The molecular weight excluding hydrogens is 269 g/mol. The fourth-order valence-corrected chi connectivity index (χ4v) is 2.22. The summed E-state index contributed by atoms with van der Waals surface area (Å²) in [6, 6.07) is 4.43. The molecule has 0 bridgehead atoms. The van der Waals surface area contributed by atoms with Gasteiger partial charge >= 0.3 is 12.2 Å². The van der Waals surface area contributed by atoms with E-state index in [1.165, 1.54) is 11.0 Å². The van der Waals surface area contributed by atoms with Crippen LogP contribution in [0.25, 0.3) is 0 Å². The zero-order valence-electron chi connectivity index (χ0n) is 11.6. The maximum absolute atomic E-state index is 12.7. The molecule has 1 aromatic rings. The Labute approximate surface area is 116 Å². The SMILES string of the molecule is CCC(Cc1cccc(C(F)(F)F)c1)N(CC)C(N)=O. The number of nitrogens with two attached hydrogens (primary N) is 1. The molecule has 0 aliphatic rings. The Hall–Kier alpha value is -1.72. The van der Waals surface area contributed by atoms with Crippen molar-refractivity contribution >= 4 is 6.03 Å². The molecule has 2 amide bonds. The van der Waals surface area contributed by atoms with Gasteiger partial charge in [-0.2, -0.15) is 13.2 Å². The first-order valence-electron chi connectivity index (χ1n) is 6.51. The molecule has 1 unspecified atom stereocenters. The summed E-state index contributed by atoms with van der Waals surface area (Å²) in [4.78, 5) is 12.8. The normalized spacial score (nSPS) is 13.1. The highest BCUT2D eigenvalue weighted by Crippen LogP contribution is 2.30. The Kier molecular flexibility index (Phi) is 5.42. The zero-order chi connectivity index (χ0) is 15.3. The van der Waals surface area contributed by atoms with Crippen molar-refractivity contribution in [2.75, 3.05) is 6.54 Å². The number of likely N-dealkylation sites (N-methyl/N-ethyl adjacent to an activating group) is 1. The molecule has 0 radical (unpaired) electrons. The predicted molar refractivity (Wildman–Crippen MR) is 71.2 cm³/mol. The molecule has 0 saturated heterocycles. The third kappa shape index (κ3) is 4.15. The number of alkyl halides is 3. The number of hydrogen-bond donors (Lipinski definition) is 1. The van der Waals surface area contributed by atoms with Gasteiger partial charge in [-0.1, -0.05) is 25.1 Å². The lowest BCUT2D eigenvalue weighted by atomic mass is 10.0. The van der Waals surface area contributed by atoms with Crippen LogP contribution in [0.1, 0.15) is 31.4 Å². The van der Waals surface area contributed by atoms with Crippen molar-refractivity contribution in [3.8, 4) is 0 Å². The maximum atomic E-state index is 12.7. The van der Waals surface area contributed by atoms with Crippen LogP contribution in [-0.2, 0) is 12.6 Å². The molecule has 112 valence electrons. The molecule has 0 heterocycles. The number of urea groups is 1. The van der Waals surface area contributed by atoms with E-state index < -0.39 is 17.8 Å². The summed E-state index contributed by atoms with van der Waals surface area (Å²) >= 11 is 0. The van der Waals surface area contributed by atoms with Crippen LogP contribution in [0.3, 0.4) is 0 Å². The Balaban J connectivity index is 2.93. The highest BCUT2D eigenvalue weighted by molar-refractivity contribution is 5.72. The summed E-state index contributed by atoms with van der Waals surface area (Å²) in [7, 11) is 0. The first-order valence-corrected chi connectivity index (χ1v) is 6.51. The summed E-state index contributed by atoms with van der Waals surface area (Å²) in [6.07, 6.45) is -3.37. The maximum Gasteiger partial charge on any atom is 0.416 e. The van der Waals surface area contributed by atoms with Gasteiger partial charge in [0.25, 0.3) is 0 Å². The molecule has 2 N–H and O–H groups in total. The minimum Gasteiger partial charge on any atom is -0.351 e. The summed E-state index contributed by atoms with van der Waals surface area (Å²) in [6.45, 7) is 4.11. The zero-order valence-corrected chi connectivity index (χ0v) is 11.6. The summed E-state index contributed by atoms with van der Waals surface area (Å²) < 4.78 is 38.0. The number of halogens is 3. The topological polar surface area (TPSA) is 46.3 Å². The number of benzene rings is 1. The molecule has 1 rings (SSSR count). The van der Waals surface area contributed by atoms with Crippen LogP contribution in [0.4, 0.5) is 18.0 Å². The summed E-state index contributed by atoms with van der Waals surface area (Å²) in [5.74, 6) is 0. The number of rotatable bonds is 5. The first kappa shape index (κ1) is 16.3. The van der Waals surface area contributed by atoms with E-state index in [-0.39, 0.29) is 6.04 Å². The van der Waals surface area contributed by atoms with Crippen molar-refractivity contribution in [1.82, 2.24) is 4.90 Å². The standard InChI is InChI=1S/C14H19F3N2O/c1-3-12(19(4-2)13(18)20)9-10-6-5-7-11(8-10)14(15,16)17/h5-8,12H,3-4,9H2,1-2H3,(H2,18,20). The van der Waals surface area contributed by atoms with Gasteiger partial charge in [0, 0.05) is 12.6 Å². The molecule has 0 spiro atoms. The quantitative estimate of drug-likeness (QED) is 0.886. The monoisotopic (exact) mass is 288 g/mol. The molecule has 0 aliphatic carbocycles. The first-order chi connectivity index (χ1) is 9.29. The van der Waals surface area contributed by atoms with E-state index in [0.29, 0.717) is 24.9 Å². The average Bonchev–Trinajstić information content (AvgIpc) is 2.37. The van der Waals surface area contributed by atoms with Crippen molar-refractivity contribution in [2.24, 2.45) is 5.73 Å². The fraction of sp³-hybridized carbons (Fsp3) is 0.500. The van der Waals surface area contributed by atoms with Gasteiger partial charge in [-0.15, -0.1) is 0 Å². The molecular formula is C14H19F3N2O. The molecule has 0 saturated carbocycles. The summed E-state index contributed by atoms with van der Waals surface area (Å²) in [5.41, 5.74) is 5.16. The molecule has 1 aromatic carbocycles. The Morgan fingerprint density at radius 1 is 1.35 bits per heavy atom. The molecule has 1 atom stereocenters. The molecule has 0 aliphatic heterocycles. The van der Waals surface area contributed by atoms with E-state index in [1.54, 1.807) is 13.0 Å². The number of nitrogens with zero attached hydrogens (tertiary/aromatic N) is 1. The van der Waals surface area contributed by atoms with Crippen LogP contribution in [-0.4, -0.2) is 23.5 Å². The smallest absolute Gasteiger partial charge is 0.351 e. The Bertz CT molecular complexity index is 460. The van der Waals surface area contributed by atoms with E-state index in [0.717, 1.165) is 12.1 Å². The van der Waals surface area contributed by atoms with E-state index in [9.17, 15) is 18.0 Å². The van der Waals surface area contributed by atoms with Gasteiger partial charge in [0.15, 0.2) is 0 Å². The molecule has 0 fully saturated rings. The van der Waals surface area contributed by atoms with Crippen LogP contribution in [0.15, 0.2) is 24.3 Å². The third-order valence-electron chi connectivity index (χ3n) is 3.26.